The molecule has 0 radical (unpaired) electrons. The molecule has 1 aliphatic heterocycles. The van der Waals surface area contributed by atoms with Crippen molar-refractivity contribution in [2.24, 2.45) is 0 Å². The Balaban J connectivity index is 1.37. The van der Waals surface area contributed by atoms with Gasteiger partial charge in [-0.05, 0) is 30.2 Å². The van der Waals surface area contributed by atoms with Gasteiger partial charge in [0, 0.05) is 50.2 Å². The summed E-state index contributed by atoms with van der Waals surface area (Å²) in [6.45, 7) is 5.76. The largest absolute Gasteiger partial charge is 0.354 e. The Labute approximate surface area is 189 Å². The van der Waals surface area contributed by atoms with Gasteiger partial charge in [-0.25, -0.2) is 9.97 Å². The molecule has 0 amide bonds. The number of benzene rings is 2. The molecule has 1 fully saturated rings. The van der Waals surface area contributed by atoms with Gasteiger partial charge in [0.05, 0.1) is 11.7 Å². The van der Waals surface area contributed by atoms with Crippen molar-refractivity contribution in [3.63, 3.8) is 0 Å². The Morgan fingerprint density at radius 2 is 1.41 bits per heavy atom. The summed E-state index contributed by atoms with van der Waals surface area (Å²) in [5.74, 6) is 1.78. The number of nitrogens with zero attached hydrogens (tertiary/aromatic N) is 5. The lowest BCUT2D eigenvalue weighted by Crippen LogP contribution is -2.48. The molecule has 4 aromatic rings. The lowest BCUT2D eigenvalue weighted by molar-refractivity contribution is 0.212. The summed E-state index contributed by atoms with van der Waals surface area (Å²) in [6.07, 6.45) is 3.64. The lowest BCUT2D eigenvalue weighted by atomic mass is 9.96. The van der Waals surface area contributed by atoms with Gasteiger partial charge in [0.1, 0.15) is 11.6 Å². The smallest absolute Gasteiger partial charge is 0.132 e. The van der Waals surface area contributed by atoms with Crippen LogP contribution in [0.15, 0.2) is 91.3 Å². The van der Waals surface area contributed by atoms with Crippen LogP contribution in [0.4, 0.5) is 5.82 Å². The number of aromatic nitrogens is 3. The van der Waals surface area contributed by atoms with E-state index in [0.717, 1.165) is 49.1 Å². The van der Waals surface area contributed by atoms with Gasteiger partial charge in [-0.1, -0.05) is 60.7 Å². The fraction of sp³-hybridized carbons (Fsp3) is 0.222. The first-order valence-electron chi connectivity index (χ1n) is 11.1. The third kappa shape index (κ3) is 4.39. The molecule has 0 unspecified atom stereocenters. The van der Waals surface area contributed by atoms with Gasteiger partial charge < -0.3 is 4.90 Å². The molecule has 0 aliphatic carbocycles. The van der Waals surface area contributed by atoms with Crippen LogP contribution in [0.5, 0.6) is 0 Å². The van der Waals surface area contributed by atoms with Crippen molar-refractivity contribution in [3.8, 4) is 11.3 Å². The summed E-state index contributed by atoms with van der Waals surface area (Å²) in [7, 11) is 0. The minimum Gasteiger partial charge on any atom is -0.354 e. The number of hydrogen-bond acceptors (Lipinski definition) is 5. The van der Waals surface area contributed by atoms with Gasteiger partial charge in [0.15, 0.2) is 0 Å². The summed E-state index contributed by atoms with van der Waals surface area (Å²) in [5, 5.41) is 0. The van der Waals surface area contributed by atoms with Gasteiger partial charge in [-0.15, -0.1) is 0 Å². The van der Waals surface area contributed by atoms with E-state index in [-0.39, 0.29) is 6.04 Å². The molecule has 160 valence electrons. The normalized spacial score (nSPS) is 14.6. The topological polar surface area (TPSA) is 45.2 Å². The second-order valence-electron chi connectivity index (χ2n) is 8.15. The van der Waals surface area contributed by atoms with Crippen molar-refractivity contribution in [1.82, 2.24) is 19.9 Å². The van der Waals surface area contributed by atoms with E-state index in [9.17, 15) is 0 Å². The van der Waals surface area contributed by atoms with Crippen LogP contribution in [-0.2, 0) is 0 Å². The monoisotopic (exact) mass is 421 g/mol. The van der Waals surface area contributed by atoms with Crippen LogP contribution >= 0.6 is 0 Å². The molecule has 1 aliphatic rings. The molecule has 2 aromatic heterocycles. The highest BCUT2D eigenvalue weighted by molar-refractivity contribution is 5.62. The van der Waals surface area contributed by atoms with Gasteiger partial charge in [0.25, 0.3) is 0 Å². The number of anilines is 1. The molecule has 2 aromatic carbocycles. The third-order valence-electron chi connectivity index (χ3n) is 6.02. The molecule has 0 N–H and O–H groups in total. The number of pyridine rings is 1. The van der Waals surface area contributed by atoms with Crippen LogP contribution in [0, 0.1) is 6.92 Å². The van der Waals surface area contributed by atoms with E-state index in [4.69, 9.17) is 4.98 Å². The van der Waals surface area contributed by atoms with Gasteiger partial charge in [-0.3, -0.25) is 9.88 Å². The van der Waals surface area contributed by atoms with Crippen molar-refractivity contribution in [2.75, 3.05) is 31.1 Å². The molecular weight excluding hydrogens is 394 g/mol. The Morgan fingerprint density at radius 1 is 0.750 bits per heavy atom. The van der Waals surface area contributed by atoms with Crippen LogP contribution in [0.25, 0.3) is 11.3 Å². The van der Waals surface area contributed by atoms with E-state index < -0.39 is 0 Å². The molecule has 5 rings (SSSR count). The first-order chi connectivity index (χ1) is 15.8. The van der Waals surface area contributed by atoms with Crippen LogP contribution in [0.2, 0.25) is 0 Å². The van der Waals surface area contributed by atoms with Crippen molar-refractivity contribution < 1.29 is 0 Å². The first-order valence-corrected chi connectivity index (χ1v) is 11.1. The molecule has 3 heterocycles. The second kappa shape index (κ2) is 9.28. The predicted octanol–water partition coefficient (Wildman–Crippen LogP) is 4.76. The molecule has 5 heteroatoms. The van der Waals surface area contributed by atoms with Crippen LogP contribution < -0.4 is 4.90 Å². The fourth-order valence-electron chi connectivity index (χ4n) is 4.47. The SMILES string of the molecule is Cc1nc(-c2cccnc2)cc(N2CCN(C(c3ccccc3)c3ccccc3)CC2)n1. The quantitative estimate of drug-likeness (QED) is 0.465. The van der Waals surface area contributed by atoms with Crippen LogP contribution in [-0.4, -0.2) is 46.0 Å². The minimum absolute atomic E-state index is 0.262. The van der Waals surface area contributed by atoms with Gasteiger partial charge >= 0.3 is 0 Å². The number of hydrogen-bond donors (Lipinski definition) is 0. The molecule has 0 bridgehead atoms. The summed E-state index contributed by atoms with van der Waals surface area (Å²) in [6, 6.07) is 28.0. The number of rotatable bonds is 5. The second-order valence-corrected chi connectivity index (χ2v) is 8.15. The highest BCUT2D eigenvalue weighted by Gasteiger charge is 2.27. The van der Waals surface area contributed by atoms with Gasteiger partial charge in [-0.2, -0.15) is 0 Å². The van der Waals surface area contributed by atoms with Crippen LogP contribution in [0.3, 0.4) is 0 Å². The van der Waals surface area contributed by atoms with E-state index in [1.165, 1.54) is 11.1 Å². The minimum atomic E-state index is 0.262. The Hall–Kier alpha value is -3.57. The van der Waals surface area contributed by atoms with E-state index in [1.54, 1.807) is 6.20 Å². The fourth-order valence-corrected chi connectivity index (χ4v) is 4.47. The van der Waals surface area contributed by atoms with Crippen molar-refractivity contribution >= 4 is 5.82 Å². The zero-order valence-corrected chi connectivity index (χ0v) is 18.3. The van der Waals surface area contributed by atoms with Gasteiger partial charge in [0.2, 0.25) is 0 Å². The molecule has 0 atom stereocenters. The summed E-state index contributed by atoms with van der Waals surface area (Å²) < 4.78 is 0. The molecule has 1 saturated heterocycles. The molecule has 0 saturated carbocycles. The summed E-state index contributed by atoms with van der Waals surface area (Å²) in [4.78, 5) is 18.6. The van der Waals surface area contributed by atoms with E-state index in [1.807, 2.05) is 25.3 Å². The standard InChI is InChI=1S/C27H27N5/c1-21-29-25(24-13-8-14-28-20-24)19-26(30-21)31-15-17-32(18-16-31)27(22-9-4-2-5-10-22)23-11-6-3-7-12-23/h2-14,19-20,27H,15-18H2,1H3. The number of piperazine rings is 1. The predicted molar refractivity (Wildman–Crippen MR) is 129 cm³/mol. The maximum Gasteiger partial charge on any atom is 0.132 e. The highest BCUT2D eigenvalue weighted by atomic mass is 15.3. The molecule has 32 heavy (non-hydrogen) atoms. The Kier molecular flexibility index (Phi) is 5.90. The van der Waals surface area contributed by atoms with E-state index in [0.29, 0.717) is 0 Å². The third-order valence-corrected chi connectivity index (χ3v) is 6.02. The molecule has 0 spiro atoms. The average Bonchev–Trinajstić information content (AvgIpc) is 2.86. The van der Waals surface area contributed by atoms with Crippen molar-refractivity contribution in [3.05, 3.63) is 108 Å². The zero-order valence-electron chi connectivity index (χ0n) is 18.3. The van der Waals surface area contributed by atoms with Crippen LogP contribution in [0.1, 0.15) is 23.0 Å². The highest BCUT2D eigenvalue weighted by Crippen LogP contribution is 2.30. The summed E-state index contributed by atoms with van der Waals surface area (Å²) >= 11 is 0. The van der Waals surface area contributed by atoms with Crippen molar-refractivity contribution in [2.45, 2.75) is 13.0 Å². The maximum absolute atomic E-state index is 4.75. The Morgan fingerprint density at radius 3 is 2.00 bits per heavy atom. The Bertz CT molecular complexity index is 1100. The molecule has 5 nitrogen and oxygen atoms in total. The summed E-state index contributed by atoms with van der Waals surface area (Å²) in [5.41, 5.74) is 4.62. The van der Waals surface area contributed by atoms with E-state index >= 15 is 0 Å². The zero-order chi connectivity index (χ0) is 21.8. The van der Waals surface area contributed by atoms with Crippen molar-refractivity contribution in [1.29, 1.82) is 0 Å². The molecular formula is C27H27N5. The van der Waals surface area contributed by atoms with E-state index in [2.05, 4.69) is 86.5 Å². The lowest BCUT2D eigenvalue weighted by Gasteiger charge is -2.40. The number of aryl methyl sites for hydroxylation is 1. The average molecular weight is 422 g/mol. The first kappa shape index (κ1) is 20.3. The maximum atomic E-state index is 4.75.